The minimum atomic E-state index is 0.837. The van der Waals surface area contributed by atoms with E-state index in [9.17, 15) is 0 Å². The molecule has 1 rings (SSSR count). The molecular weight excluding hydrogens is 134 g/mol. The highest BCUT2D eigenvalue weighted by atomic mass is 14.6. The Morgan fingerprint density at radius 1 is 1.27 bits per heavy atom. The Hall–Kier alpha value is -1.42. The van der Waals surface area contributed by atoms with Crippen LogP contribution in [0.4, 0.5) is 5.69 Å². The number of nitrogen functional groups attached to an aromatic ring is 1. The second kappa shape index (κ2) is 2.67. The second-order valence-corrected chi connectivity index (χ2v) is 2.67. The quantitative estimate of drug-likeness (QED) is 0.437. The first-order valence-electron chi connectivity index (χ1n) is 3.48. The summed E-state index contributed by atoms with van der Waals surface area (Å²) in [6, 6.07) is 3.84. The lowest BCUT2D eigenvalue weighted by molar-refractivity contribution is 1.37. The largest absolute Gasteiger partial charge is 0.398 e. The average molecular weight is 145 g/mol. The maximum absolute atomic E-state index is 5.74. The van der Waals surface area contributed by atoms with Crippen LogP contribution in [0.2, 0.25) is 0 Å². The summed E-state index contributed by atoms with van der Waals surface area (Å²) in [4.78, 5) is 0. The van der Waals surface area contributed by atoms with Gasteiger partial charge in [-0.05, 0) is 37.1 Å². The highest BCUT2D eigenvalue weighted by molar-refractivity contribution is 5.56. The number of rotatable bonds is 0. The van der Waals surface area contributed by atoms with Crippen molar-refractivity contribution in [3.63, 3.8) is 0 Å². The third-order valence-electron chi connectivity index (χ3n) is 1.76. The third kappa shape index (κ3) is 1.35. The Balaban J connectivity index is 3.35. The Bertz CT molecular complexity index is 295. The zero-order valence-corrected chi connectivity index (χ0v) is 6.81. The molecule has 2 N–H and O–H groups in total. The van der Waals surface area contributed by atoms with Crippen LogP contribution in [0.15, 0.2) is 12.1 Å². The third-order valence-corrected chi connectivity index (χ3v) is 1.76. The minimum absolute atomic E-state index is 0.837. The lowest BCUT2D eigenvalue weighted by atomic mass is 10.1. The van der Waals surface area contributed by atoms with Crippen LogP contribution in [0.25, 0.3) is 0 Å². The topological polar surface area (TPSA) is 26.0 Å². The summed E-state index contributed by atoms with van der Waals surface area (Å²) in [6.45, 7) is 3.92. The van der Waals surface area contributed by atoms with Crippen LogP contribution >= 0.6 is 0 Å². The van der Waals surface area contributed by atoms with Crippen LogP contribution in [0.1, 0.15) is 16.7 Å². The molecule has 0 amide bonds. The molecule has 0 aliphatic heterocycles. The first-order chi connectivity index (χ1) is 5.15. The van der Waals surface area contributed by atoms with Crippen molar-refractivity contribution in [3.8, 4) is 12.3 Å². The van der Waals surface area contributed by atoms with Gasteiger partial charge in [0.05, 0.1) is 0 Å². The molecule has 0 unspecified atom stereocenters. The molecule has 0 atom stereocenters. The molecule has 0 fully saturated rings. The molecule has 0 aliphatic carbocycles. The fourth-order valence-electron chi connectivity index (χ4n) is 1.06. The molecule has 0 saturated carbocycles. The van der Waals surface area contributed by atoms with Crippen molar-refractivity contribution in [2.75, 3.05) is 5.73 Å². The zero-order valence-electron chi connectivity index (χ0n) is 6.81. The van der Waals surface area contributed by atoms with Gasteiger partial charge in [-0.2, -0.15) is 0 Å². The predicted octanol–water partition coefficient (Wildman–Crippen LogP) is 1.87. The number of aryl methyl sites for hydroxylation is 2. The molecule has 0 saturated heterocycles. The summed E-state index contributed by atoms with van der Waals surface area (Å²) in [6.07, 6.45) is 5.25. The van der Waals surface area contributed by atoms with Gasteiger partial charge in [-0.15, -0.1) is 6.42 Å². The van der Waals surface area contributed by atoms with E-state index in [1.54, 1.807) is 0 Å². The summed E-state index contributed by atoms with van der Waals surface area (Å²) < 4.78 is 0. The van der Waals surface area contributed by atoms with Crippen LogP contribution in [0, 0.1) is 26.2 Å². The van der Waals surface area contributed by atoms with E-state index in [0.29, 0.717) is 0 Å². The maximum Gasteiger partial charge on any atom is 0.0374 e. The molecule has 0 aromatic heterocycles. The van der Waals surface area contributed by atoms with Gasteiger partial charge >= 0.3 is 0 Å². The minimum Gasteiger partial charge on any atom is -0.398 e. The van der Waals surface area contributed by atoms with E-state index in [1.807, 2.05) is 26.0 Å². The molecule has 11 heavy (non-hydrogen) atoms. The number of benzene rings is 1. The molecule has 0 spiro atoms. The van der Waals surface area contributed by atoms with Crippen molar-refractivity contribution in [2.24, 2.45) is 0 Å². The lowest BCUT2D eigenvalue weighted by Gasteiger charge is -2.04. The van der Waals surface area contributed by atoms with Crippen molar-refractivity contribution in [1.29, 1.82) is 0 Å². The summed E-state index contributed by atoms with van der Waals surface area (Å²) >= 11 is 0. The van der Waals surface area contributed by atoms with Crippen molar-refractivity contribution in [3.05, 3.63) is 28.8 Å². The van der Waals surface area contributed by atoms with Gasteiger partial charge in [-0.25, -0.2) is 0 Å². The van der Waals surface area contributed by atoms with Crippen LogP contribution in [-0.4, -0.2) is 0 Å². The van der Waals surface area contributed by atoms with Crippen LogP contribution in [-0.2, 0) is 0 Å². The SMILES string of the molecule is C#Cc1cc(C)c(N)c(C)c1. The lowest BCUT2D eigenvalue weighted by Crippen LogP contribution is -1.94. The summed E-state index contributed by atoms with van der Waals surface area (Å²) in [5.41, 5.74) is 9.58. The number of hydrogen-bond acceptors (Lipinski definition) is 1. The normalized spacial score (nSPS) is 9.18. The van der Waals surface area contributed by atoms with Crippen molar-refractivity contribution in [1.82, 2.24) is 0 Å². The van der Waals surface area contributed by atoms with Gasteiger partial charge in [0.25, 0.3) is 0 Å². The van der Waals surface area contributed by atoms with Crippen LogP contribution in [0.5, 0.6) is 0 Å². The molecule has 0 bridgehead atoms. The fraction of sp³-hybridized carbons (Fsp3) is 0.200. The smallest absolute Gasteiger partial charge is 0.0374 e. The molecule has 56 valence electrons. The number of nitrogens with two attached hydrogens (primary N) is 1. The molecular formula is C10H11N. The highest BCUT2D eigenvalue weighted by Crippen LogP contribution is 2.17. The first-order valence-corrected chi connectivity index (χ1v) is 3.48. The van der Waals surface area contributed by atoms with Gasteiger partial charge in [0.15, 0.2) is 0 Å². The van der Waals surface area contributed by atoms with Gasteiger partial charge < -0.3 is 5.73 Å². The second-order valence-electron chi connectivity index (χ2n) is 2.67. The predicted molar refractivity (Wildman–Crippen MR) is 48.3 cm³/mol. The molecule has 1 heteroatoms. The molecule has 0 radical (unpaired) electrons. The Kier molecular flexibility index (Phi) is 1.87. The Morgan fingerprint density at radius 3 is 2.09 bits per heavy atom. The van der Waals surface area contributed by atoms with Gasteiger partial charge in [0, 0.05) is 11.3 Å². The molecule has 1 aromatic carbocycles. The number of anilines is 1. The number of hydrogen-bond donors (Lipinski definition) is 1. The maximum atomic E-state index is 5.74. The van der Waals surface area contributed by atoms with E-state index in [2.05, 4.69) is 5.92 Å². The van der Waals surface area contributed by atoms with Gasteiger partial charge in [-0.3, -0.25) is 0 Å². The van der Waals surface area contributed by atoms with Gasteiger partial charge in [0.1, 0.15) is 0 Å². The fourth-order valence-corrected chi connectivity index (χ4v) is 1.06. The van der Waals surface area contributed by atoms with E-state index >= 15 is 0 Å². The van der Waals surface area contributed by atoms with E-state index in [1.165, 1.54) is 0 Å². The van der Waals surface area contributed by atoms with E-state index in [0.717, 1.165) is 22.4 Å². The van der Waals surface area contributed by atoms with E-state index in [4.69, 9.17) is 12.2 Å². The molecule has 1 nitrogen and oxygen atoms in total. The monoisotopic (exact) mass is 145 g/mol. The summed E-state index contributed by atoms with van der Waals surface area (Å²) in [7, 11) is 0. The first kappa shape index (κ1) is 7.68. The molecule has 0 aliphatic rings. The highest BCUT2D eigenvalue weighted by Gasteiger charge is 1.98. The molecule has 0 heterocycles. The van der Waals surface area contributed by atoms with E-state index in [-0.39, 0.29) is 0 Å². The van der Waals surface area contributed by atoms with E-state index < -0.39 is 0 Å². The average Bonchev–Trinajstić information content (AvgIpc) is 1.99. The van der Waals surface area contributed by atoms with Crippen LogP contribution < -0.4 is 5.73 Å². The Labute approximate surface area is 67.2 Å². The van der Waals surface area contributed by atoms with Gasteiger partial charge in [-0.1, -0.05) is 5.92 Å². The zero-order chi connectivity index (χ0) is 8.43. The number of terminal acetylenes is 1. The Morgan fingerprint density at radius 2 is 1.73 bits per heavy atom. The standard InChI is InChI=1S/C10H11N/c1-4-9-5-7(2)10(11)8(3)6-9/h1,5-6H,11H2,2-3H3. The summed E-state index contributed by atoms with van der Waals surface area (Å²) in [5, 5.41) is 0. The van der Waals surface area contributed by atoms with Crippen molar-refractivity contribution < 1.29 is 0 Å². The summed E-state index contributed by atoms with van der Waals surface area (Å²) in [5.74, 6) is 2.58. The van der Waals surface area contributed by atoms with Gasteiger partial charge in [0.2, 0.25) is 0 Å². The van der Waals surface area contributed by atoms with Crippen LogP contribution in [0.3, 0.4) is 0 Å². The van der Waals surface area contributed by atoms with Crippen molar-refractivity contribution >= 4 is 5.69 Å². The molecule has 1 aromatic rings. The van der Waals surface area contributed by atoms with Crippen molar-refractivity contribution in [2.45, 2.75) is 13.8 Å².